The van der Waals surface area contributed by atoms with Crippen molar-refractivity contribution >= 4 is 5.69 Å². The van der Waals surface area contributed by atoms with Gasteiger partial charge in [0, 0.05) is 19.6 Å². The highest BCUT2D eigenvalue weighted by molar-refractivity contribution is 5.46. The molecule has 0 bridgehead atoms. The Balaban J connectivity index is 2.02. The summed E-state index contributed by atoms with van der Waals surface area (Å²) in [6.07, 6.45) is 6.44. The first-order valence-corrected chi connectivity index (χ1v) is 8.28. The smallest absolute Gasteiger partial charge is 0.146 e. The zero-order valence-corrected chi connectivity index (χ0v) is 13.6. The van der Waals surface area contributed by atoms with Gasteiger partial charge in [-0.15, -0.1) is 0 Å². The maximum atomic E-state index is 13.9. The van der Waals surface area contributed by atoms with Crippen LogP contribution in [0.3, 0.4) is 0 Å². The minimum absolute atomic E-state index is 0.123. The molecule has 1 aliphatic carbocycles. The molecule has 1 saturated carbocycles. The van der Waals surface area contributed by atoms with Crippen LogP contribution in [0.5, 0.6) is 0 Å². The second-order valence-corrected chi connectivity index (χ2v) is 6.45. The Morgan fingerprint density at radius 2 is 2.05 bits per heavy atom. The number of nitrogens with one attached hydrogen (secondary N) is 1. The molecule has 0 aromatic heterocycles. The lowest BCUT2D eigenvalue weighted by molar-refractivity contribution is 0.205. The Hall–Kier alpha value is -1.09. The topological polar surface area (TPSA) is 15.3 Å². The fraction of sp³-hybridized carbons (Fsp3) is 0.667. The predicted octanol–water partition coefficient (Wildman–Crippen LogP) is 4.07. The van der Waals surface area contributed by atoms with Gasteiger partial charge in [-0.05, 0) is 50.3 Å². The molecule has 3 unspecified atom stereocenters. The molecule has 1 N–H and O–H groups in total. The van der Waals surface area contributed by atoms with Crippen LogP contribution in [0.1, 0.15) is 39.0 Å². The minimum Gasteiger partial charge on any atom is -0.372 e. The summed E-state index contributed by atoms with van der Waals surface area (Å²) in [5, 5.41) is 3.47. The van der Waals surface area contributed by atoms with Crippen molar-refractivity contribution in [3.8, 4) is 0 Å². The van der Waals surface area contributed by atoms with Crippen molar-refractivity contribution in [1.82, 2.24) is 5.32 Å². The molecule has 0 amide bonds. The molecule has 3 atom stereocenters. The third-order valence-electron chi connectivity index (χ3n) is 4.93. The van der Waals surface area contributed by atoms with Crippen LogP contribution in [0.25, 0.3) is 0 Å². The molecule has 3 heteroatoms. The van der Waals surface area contributed by atoms with E-state index in [1.165, 1.54) is 32.1 Å². The van der Waals surface area contributed by atoms with Gasteiger partial charge in [-0.2, -0.15) is 0 Å². The highest BCUT2D eigenvalue weighted by atomic mass is 19.1. The van der Waals surface area contributed by atoms with Gasteiger partial charge in [0.1, 0.15) is 5.82 Å². The van der Waals surface area contributed by atoms with Crippen LogP contribution < -0.4 is 10.2 Å². The van der Waals surface area contributed by atoms with Crippen LogP contribution in [0.2, 0.25) is 0 Å². The number of halogens is 1. The molecule has 0 heterocycles. The van der Waals surface area contributed by atoms with Crippen LogP contribution in [0.4, 0.5) is 10.1 Å². The van der Waals surface area contributed by atoms with E-state index in [1.54, 1.807) is 12.1 Å². The SMILES string of the molecule is CCCC1CCC(NC)C(CN(C)c2ccccc2F)C1. The standard InChI is InChI=1S/C18H29FN2/c1-4-7-14-10-11-17(20-2)15(12-14)13-21(3)18-9-6-5-8-16(18)19/h5-6,8-9,14-15,17,20H,4,7,10-13H2,1-3H3. The van der Waals surface area contributed by atoms with Crippen LogP contribution in [0.15, 0.2) is 24.3 Å². The molecule has 0 spiro atoms. The molecular weight excluding hydrogens is 263 g/mol. The summed E-state index contributed by atoms with van der Waals surface area (Å²) < 4.78 is 13.9. The maximum absolute atomic E-state index is 13.9. The van der Waals surface area contributed by atoms with E-state index >= 15 is 0 Å². The number of nitrogens with zero attached hydrogens (tertiary/aromatic N) is 1. The zero-order valence-electron chi connectivity index (χ0n) is 13.6. The molecule has 0 saturated heterocycles. The van der Waals surface area contributed by atoms with E-state index < -0.39 is 0 Å². The third kappa shape index (κ3) is 4.19. The van der Waals surface area contributed by atoms with Gasteiger partial charge in [-0.25, -0.2) is 4.39 Å². The molecule has 0 aliphatic heterocycles. The Morgan fingerprint density at radius 1 is 1.29 bits per heavy atom. The second-order valence-electron chi connectivity index (χ2n) is 6.45. The van der Waals surface area contributed by atoms with Crippen molar-refractivity contribution in [3.05, 3.63) is 30.1 Å². The lowest BCUT2D eigenvalue weighted by Gasteiger charge is -2.38. The number of hydrogen-bond donors (Lipinski definition) is 1. The predicted molar refractivity (Wildman–Crippen MR) is 88.3 cm³/mol. The van der Waals surface area contributed by atoms with Crippen molar-refractivity contribution in [3.63, 3.8) is 0 Å². The van der Waals surface area contributed by atoms with E-state index in [0.717, 1.165) is 12.5 Å². The highest BCUT2D eigenvalue weighted by Crippen LogP contribution is 2.33. The first-order valence-electron chi connectivity index (χ1n) is 8.28. The molecule has 2 rings (SSSR count). The highest BCUT2D eigenvalue weighted by Gasteiger charge is 2.30. The molecule has 1 aromatic carbocycles. The Morgan fingerprint density at radius 3 is 2.71 bits per heavy atom. The number of hydrogen-bond acceptors (Lipinski definition) is 2. The molecular formula is C18H29FN2. The number of anilines is 1. The average molecular weight is 292 g/mol. The fourth-order valence-electron chi connectivity index (χ4n) is 3.82. The van der Waals surface area contributed by atoms with Gasteiger partial charge in [0.2, 0.25) is 0 Å². The largest absolute Gasteiger partial charge is 0.372 e. The van der Waals surface area contributed by atoms with Crippen LogP contribution in [0, 0.1) is 17.7 Å². The van der Waals surface area contributed by atoms with E-state index in [-0.39, 0.29) is 5.82 Å². The lowest BCUT2D eigenvalue weighted by atomic mass is 9.76. The van der Waals surface area contributed by atoms with Gasteiger partial charge in [0.05, 0.1) is 5.69 Å². The van der Waals surface area contributed by atoms with Gasteiger partial charge in [-0.3, -0.25) is 0 Å². The number of para-hydroxylation sites is 1. The van der Waals surface area contributed by atoms with Crippen LogP contribution in [-0.2, 0) is 0 Å². The normalized spacial score (nSPS) is 25.8. The summed E-state index contributed by atoms with van der Waals surface area (Å²) in [5.41, 5.74) is 0.713. The summed E-state index contributed by atoms with van der Waals surface area (Å²) in [6, 6.07) is 7.64. The summed E-state index contributed by atoms with van der Waals surface area (Å²) in [5.74, 6) is 1.32. The van der Waals surface area contributed by atoms with Gasteiger partial charge < -0.3 is 10.2 Å². The molecule has 1 fully saturated rings. The van der Waals surface area contributed by atoms with Crippen molar-refractivity contribution in [2.24, 2.45) is 11.8 Å². The van der Waals surface area contributed by atoms with Crippen LogP contribution in [-0.4, -0.2) is 26.7 Å². The molecule has 1 aliphatic rings. The molecule has 118 valence electrons. The quantitative estimate of drug-likeness (QED) is 0.850. The van der Waals surface area contributed by atoms with E-state index in [4.69, 9.17) is 0 Å². The number of benzene rings is 1. The minimum atomic E-state index is -0.123. The van der Waals surface area contributed by atoms with Crippen molar-refractivity contribution in [2.75, 3.05) is 25.5 Å². The second kappa shape index (κ2) is 7.79. The first kappa shape index (κ1) is 16.3. The lowest BCUT2D eigenvalue weighted by Crippen LogP contribution is -2.44. The van der Waals surface area contributed by atoms with Crippen molar-refractivity contribution in [2.45, 2.75) is 45.1 Å². The van der Waals surface area contributed by atoms with Crippen molar-refractivity contribution < 1.29 is 4.39 Å². The molecule has 1 aromatic rings. The van der Waals surface area contributed by atoms with Gasteiger partial charge in [0.25, 0.3) is 0 Å². The van der Waals surface area contributed by atoms with Crippen molar-refractivity contribution in [1.29, 1.82) is 0 Å². The summed E-state index contributed by atoms with van der Waals surface area (Å²) >= 11 is 0. The molecule has 0 radical (unpaired) electrons. The van der Waals surface area contributed by atoms with Gasteiger partial charge in [-0.1, -0.05) is 31.9 Å². The molecule has 2 nitrogen and oxygen atoms in total. The zero-order chi connectivity index (χ0) is 15.2. The molecule has 21 heavy (non-hydrogen) atoms. The summed E-state index contributed by atoms with van der Waals surface area (Å²) in [4.78, 5) is 2.08. The van der Waals surface area contributed by atoms with Gasteiger partial charge in [0.15, 0.2) is 0 Å². The van der Waals surface area contributed by atoms with E-state index in [9.17, 15) is 4.39 Å². The average Bonchev–Trinajstić information content (AvgIpc) is 2.48. The summed E-state index contributed by atoms with van der Waals surface area (Å²) in [6.45, 7) is 3.19. The van der Waals surface area contributed by atoms with E-state index in [2.05, 4.69) is 24.2 Å². The Bertz CT molecular complexity index is 435. The van der Waals surface area contributed by atoms with Gasteiger partial charge >= 0.3 is 0 Å². The van der Waals surface area contributed by atoms with Crippen LogP contribution >= 0.6 is 0 Å². The third-order valence-corrected chi connectivity index (χ3v) is 4.93. The van der Waals surface area contributed by atoms with E-state index in [0.29, 0.717) is 17.6 Å². The maximum Gasteiger partial charge on any atom is 0.146 e. The Kier molecular flexibility index (Phi) is 6.04. The number of rotatable bonds is 6. The fourth-order valence-corrected chi connectivity index (χ4v) is 3.82. The van der Waals surface area contributed by atoms with E-state index in [1.807, 2.05) is 19.2 Å². The summed E-state index contributed by atoms with van der Waals surface area (Å²) in [7, 11) is 4.06. The Labute approximate surface area is 128 Å². The first-order chi connectivity index (χ1) is 10.2. The monoisotopic (exact) mass is 292 g/mol.